The van der Waals surface area contributed by atoms with Crippen LogP contribution in [-0.4, -0.2) is 224 Å². The van der Waals surface area contributed by atoms with Gasteiger partial charge in [-0.1, -0.05) is 117 Å². The molecule has 22 nitrogen and oxygen atoms in total. The number of ether oxygens (including phenoxy) is 8. The van der Waals surface area contributed by atoms with Crippen molar-refractivity contribution in [2.75, 3.05) is 39.6 Å². The highest BCUT2D eigenvalue weighted by Gasteiger charge is 2.55. The average Bonchev–Trinajstić information content (AvgIpc) is 3.34. The van der Waals surface area contributed by atoms with Gasteiger partial charge < -0.3 is 99.2 Å². The lowest BCUT2D eigenvalue weighted by atomic mass is 9.79. The predicted molar refractivity (Wildman–Crippen MR) is 239 cm³/mol. The van der Waals surface area contributed by atoms with E-state index in [2.05, 4.69) is 13.8 Å². The van der Waals surface area contributed by atoms with E-state index in [0.29, 0.717) is 12.8 Å². The van der Waals surface area contributed by atoms with Crippen LogP contribution in [0.5, 0.6) is 0 Å². The van der Waals surface area contributed by atoms with E-state index >= 15 is 0 Å². The van der Waals surface area contributed by atoms with Crippen LogP contribution >= 0.6 is 0 Å². The van der Waals surface area contributed by atoms with Crippen LogP contribution < -0.4 is 0 Å². The maximum absolute atomic E-state index is 11.5. The summed E-state index contributed by atoms with van der Waals surface area (Å²) in [5.41, 5.74) is -0.840. The molecule has 5 aliphatic rings. The lowest BCUT2D eigenvalue weighted by Crippen LogP contribution is -2.66. The number of fused-ring (bicyclic) bond motifs is 2. The molecule has 5 saturated heterocycles. The summed E-state index contributed by atoms with van der Waals surface area (Å²) in [6, 6.07) is 0. The lowest BCUT2D eigenvalue weighted by Gasteiger charge is -2.48. The van der Waals surface area contributed by atoms with Crippen LogP contribution in [0.1, 0.15) is 129 Å². The van der Waals surface area contributed by atoms with Gasteiger partial charge in [0.05, 0.1) is 33.0 Å². The fraction of sp³-hybridized carbons (Fsp3) is 1.00. The minimum atomic E-state index is -1.83. The van der Waals surface area contributed by atoms with E-state index in [0.717, 1.165) is 89.9 Å². The SMILES string of the molecule is CCCCCCCCCCC(CCCCCCCCCC)(CO[C@@H]1O[C@H](CO)[C@@H](O[C@H]2O[C@H](CO)[C@@H](O)[C@H](O)[C@H]2O)[C@H](O)[C@H]1O)CO[C@@H]1O[C@H](CO)[C@@H](O[C@H]2O[C@@H]3COO[C@H]([C@H]2O)[C@@H]3O)[C@H](O)[C@H]1O. The van der Waals surface area contributed by atoms with Crippen molar-refractivity contribution >= 4 is 0 Å². The van der Waals surface area contributed by atoms with Gasteiger partial charge in [0.15, 0.2) is 31.3 Å². The molecule has 0 amide bonds. The molecule has 0 aromatic heterocycles. The molecular weight excluding hydrogens is 916 g/mol. The molecular formula is C47H86O22. The van der Waals surface area contributed by atoms with Crippen LogP contribution in [0.25, 0.3) is 0 Å². The molecule has 2 bridgehead atoms. The summed E-state index contributed by atoms with van der Waals surface area (Å²) < 4.78 is 47.6. The van der Waals surface area contributed by atoms with E-state index in [1.807, 2.05) is 0 Å². The van der Waals surface area contributed by atoms with Gasteiger partial charge in [0, 0.05) is 5.41 Å². The molecule has 0 aromatic rings. The van der Waals surface area contributed by atoms with Gasteiger partial charge in [0.25, 0.3) is 0 Å². The van der Waals surface area contributed by atoms with Gasteiger partial charge in [0.1, 0.15) is 98.2 Å². The maximum atomic E-state index is 11.5. The Morgan fingerprint density at radius 1 is 0.420 bits per heavy atom. The van der Waals surface area contributed by atoms with Crippen LogP contribution in [0.15, 0.2) is 0 Å². The molecule has 406 valence electrons. The zero-order valence-electron chi connectivity index (χ0n) is 40.5. The van der Waals surface area contributed by atoms with Crippen LogP contribution in [-0.2, 0) is 47.7 Å². The van der Waals surface area contributed by atoms with E-state index < -0.39 is 148 Å². The van der Waals surface area contributed by atoms with Gasteiger partial charge in [-0.3, -0.25) is 0 Å². The molecule has 0 saturated carbocycles. The number of hydrogen-bond acceptors (Lipinski definition) is 22. The van der Waals surface area contributed by atoms with Crippen LogP contribution in [0.4, 0.5) is 0 Å². The van der Waals surface area contributed by atoms with Gasteiger partial charge in [-0.2, -0.15) is 0 Å². The molecule has 5 aliphatic heterocycles. The molecule has 0 radical (unpaired) electrons. The molecule has 0 spiro atoms. The van der Waals surface area contributed by atoms with E-state index in [-0.39, 0.29) is 19.8 Å². The van der Waals surface area contributed by atoms with Gasteiger partial charge in [-0.05, 0) is 12.8 Å². The number of unbranched alkanes of at least 4 members (excludes halogenated alkanes) is 14. The summed E-state index contributed by atoms with van der Waals surface area (Å²) in [5, 5.41) is 129. The van der Waals surface area contributed by atoms with Gasteiger partial charge in [0.2, 0.25) is 0 Å². The van der Waals surface area contributed by atoms with E-state index in [9.17, 15) is 61.3 Å². The Labute approximate surface area is 405 Å². The summed E-state index contributed by atoms with van der Waals surface area (Å²) in [5.74, 6) is 0. The highest BCUT2D eigenvalue weighted by Crippen LogP contribution is 2.38. The Hall–Kier alpha value is -0.880. The van der Waals surface area contributed by atoms with Crippen molar-refractivity contribution < 1.29 is 109 Å². The second-order valence-corrected chi connectivity index (χ2v) is 19.8. The van der Waals surface area contributed by atoms with E-state index in [4.69, 9.17) is 47.7 Å². The van der Waals surface area contributed by atoms with E-state index in [1.165, 1.54) is 12.8 Å². The smallest absolute Gasteiger partial charge is 0.187 e. The minimum absolute atomic E-state index is 0.0984. The van der Waals surface area contributed by atoms with Gasteiger partial charge >= 0.3 is 0 Å². The summed E-state index contributed by atoms with van der Waals surface area (Å²) in [4.78, 5) is 9.99. The summed E-state index contributed by atoms with van der Waals surface area (Å²) in [6.07, 6.45) is -12.5. The zero-order valence-corrected chi connectivity index (χ0v) is 40.5. The summed E-state index contributed by atoms with van der Waals surface area (Å²) >= 11 is 0. The normalized spacial score (nSPS) is 39.7. The third kappa shape index (κ3) is 16.1. The van der Waals surface area contributed by atoms with Crippen molar-refractivity contribution in [1.29, 1.82) is 0 Å². The van der Waals surface area contributed by atoms with Crippen molar-refractivity contribution in [1.82, 2.24) is 0 Å². The molecule has 0 aliphatic carbocycles. The van der Waals surface area contributed by atoms with Crippen molar-refractivity contribution in [2.45, 2.75) is 252 Å². The molecule has 22 heteroatoms. The Morgan fingerprint density at radius 3 is 1.28 bits per heavy atom. The first-order valence-electron chi connectivity index (χ1n) is 25.6. The molecule has 5 rings (SSSR count). The molecule has 0 aromatic carbocycles. The minimum Gasteiger partial charge on any atom is -0.394 e. The van der Waals surface area contributed by atoms with Crippen LogP contribution in [0, 0.1) is 5.41 Å². The van der Waals surface area contributed by atoms with Crippen molar-refractivity contribution in [3.05, 3.63) is 0 Å². The van der Waals surface area contributed by atoms with Crippen molar-refractivity contribution in [2.24, 2.45) is 5.41 Å². The van der Waals surface area contributed by atoms with Gasteiger partial charge in [-0.25, -0.2) is 9.78 Å². The molecule has 5 heterocycles. The largest absolute Gasteiger partial charge is 0.394 e. The molecule has 12 N–H and O–H groups in total. The quantitative estimate of drug-likeness (QED) is 0.0302. The predicted octanol–water partition coefficient (Wildman–Crippen LogP) is -0.707. The summed E-state index contributed by atoms with van der Waals surface area (Å²) in [6.45, 7) is 1.80. The van der Waals surface area contributed by atoms with Crippen LogP contribution in [0.2, 0.25) is 0 Å². The molecule has 20 atom stereocenters. The fourth-order valence-corrected chi connectivity index (χ4v) is 9.90. The number of hydrogen-bond donors (Lipinski definition) is 12. The standard InChI is InChI=1S/C47H86O22/c1-3-5-7-9-11-13-15-17-19-47(20-18-16-14-12-10-8-6-4-2,25-60-43-37(57)34(54)40(28(22-49)64-43)67-45-36(56)33(53)31(51)27(21-48)63-45)26-61-44-38(58)35(55)41(29(23-50)65-44)68-46-39(59)42-32(52)30(66-46)24-62-69-42/h27-46,48-59H,3-26H2,1-2H3/t27-,28-,29-,30-,31-,32-,33+,34-,35-,36-,37-,38-,39-,40-,41-,42+,43-,44-,45-,46-/m1/s1. The first-order valence-corrected chi connectivity index (χ1v) is 25.6. The average molecular weight is 1000 g/mol. The Bertz CT molecular complexity index is 1310. The Morgan fingerprint density at radius 2 is 0.826 bits per heavy atom. The number of aliphatic hydroxyl groups excluding tert-OH is 12. The fourth-order valence-electron chi connectivity index (χ4n) is 9.90. The van der Waals surface area contributed by atoms with Crippen LogP contribution in [0.3, 0.4) is 0 Å². The monoisotopic (exact) mass is 1000 g/mol. The third-order valence-corrected chi connectivity index (χ3v) is 14.4. The Kier molecular flexibility index (Phi) is 25.5. The highest BCUT2D eigenvalue weighted by atomic mass is 17.2. The lowest BCUT2D eigenvalue weighted by molar-refractivity contribution is -0.451. The number of rotatable bonds is 31. The van der Waals surface area contributed by atoms with Crippen molar-refractivity contribution in [3.8, 4) is 0 Å². The molecule has 5 fully saturated rings. The van der Waals surface area contributed by atoms with Gasteiger partial charge in [-0.15, -0.1) is 0 Å². The molecule has 0 unspecified atom stereocenters. The first-order chi connectivity index (χ1) is 33.2. The Balaban J connectivity index is 1.31. The van der Waals surface area contributed by atoms with Crippen molar-refractivity contribution in [3.63, 3.8) is 0 Å². The maximum Gasteiger partial charge on any atom is 0.187 e. The topological polar surface area (TPSA) is 335 Å². The second-order valence-electron chi connectivity index (χ2n) is 19.8. The number of aliphatic hydroxyl groups is 12. The summed E-state index contributed by atoms with van der Waals surface area (Å²) in [7, 11) is 0. The molecule has 69 heavy (non-hydrogen) atoms. The second kappa shape index (κ2) is 29.9. The first kappa shape index (κ1) is 59.0. The zero-order chi connectivity index (χ0) is 50.1. The highest BCUT2D eigenvalue weighted by molar-refractivity contribution is 4.97. The van der Waals surface area contributed by atoms with E-state index in [1.54, 1.807) is 0 Å². The third-order valence-electron chi connectivity index (χ3n) is 14.4.